The lowest BCUT2D eigenvalue weighted by Gasteiger charge is -2.07. The summed E-state index contributed by atoms with van der Waals surface area (Å²) in [6, 6.07) is 10.4. The molecule has 0 spiro atoms. The number of hydrogen-bond acceptors (Lipinski definition) is 3. The van der Waals surface area contributed by atoms with Crippen LogP contribution in [0, 0.1) is 0 Å². The van der Waals surface area contributed by atoms with Crippen molar-refractivity contribution in [3.63, 3.8) is 0 Å². The summed E-state index contributed by atoms with van der Waals surface area (Å²) in [6.07, 6.45) is 4.14. The average molecular weight is 244 g/mol. The van der Waals surface area contributed by atoms with Gasteiger partial charge in [0.15, 0.2) is 0 Å². The first-order valence-corrected chi connectivity index (χ1v) is 6.44. The zero-order valence-corrected chi connectivity index (χ0v) is 10.9. The van der Waals surface area contributed by atoms with Crippen molar-refractivity contribution in [2.45, 2.75) is 19.4 Å². The number of fused-ring (bicyclic) bond motifs is 1. The van der Waals surface area contributed by atoms with E-state index in [1.807, 2.05) is 12.3 Å². The predicted octanol–water partition coefficient (Wildman–Crippen LogP) is 2.75. The highest BCUT2D eigenvalue weighted by Crippen LogP contribution is 2.15. The van der Waals surface area contributed by atoms with Gasteiger partial charge in [-0.25, -0.2) is 0 Å². The number of unbranched alkanes of at least 4 members (excludes halogenated alkanes) is 1. The Morgan fingerprint density at radius 2 is 2.06 bits per heavy atom. The minimum Gasteiger partial charge on any atom is -0.385 e. The van der Waals surface area contributed by atoms with Crippen molar-refractivity contribution in [3.05, 3.63) is 42.1 Å². The van der Waals surface area contributed by atoms with E-state index < -0.39 is 0 Å². The van der Waals surface area contributed by atoms with E-state index in [0.29, 0.717) is 0 Å². The van der Waals surface area contributed by atoms with Crippen LogP contribution >= 0.6 is 0 Å². The van der Waals surface area contributed by atoms with E-state index in [1.54, 1.807) is 7.11 Å². The normalized spacial score (nSPS) is 10.9. The van der Waals surface area contributed by atoms with Gasteiger partial charge in [0.2, 0.25) is 0 Å². The zero-order valence-electron chi connectivity index (χ0n) is 10.9. The Balaban J connectivity index is 1.88. The number of hydrogen-bond donors (Lipinski definition) is 1. The number of para-hydroxylation sites is 1. The molecule has 0 fully saturated rings. The number of nitrogens with zero attached hydrogens (tertiary/aromatic N) is 1. The summed E-state index contributed by atoms with van der Waals surface area (Å²) in [5.74, 6) is 0. The van der Waals surface area contributed by atoms with Gasteiger partial charge in [0.05, 0.1) is 5.52 Å². The first-order valence-electron chi connectivity index (χ1n) is 6.44. The van der Waals surface area contributed by atoms with Gasteiger partial charge in [0.1, 0.15) is 0 Å². The Labute approximate surface area is 108 Å². The van der Waals surface area contributed by atoms with Crippen molar-refractivity contribution in [1.29, 1.82) is 0 Å². The molecule has 0 saturated heterocycles. The van der Waals surface area contributed by atoms with E-state index in [9.17, 15) is 0 Å². The van der Waals surface area contributed by atoms with Crippen LogP contribution in [0.3, 0.4) is 0 Å². The second kappa shape index (κ2) is 7.09. The molecule has 2 aromatic rings. The van der Waals surface area contributed by atoms with Gasteiger partial charge in [0, 0.05) is 31.8 Å². The lowest BCUT2D eigenvalue weighted by Crippen LogP contribution is -2.15. The van der Waals surface area contributed by atoms with Crippen LogP contribution in [0.5, 0.6) is 0 Å². The quantitative estimate of drug-likeness (QED) is 0.760. The molecule has 3 heteroatoms. The van der Waals surface area contributed by atoms with Crippen LogP contribution in [0.4, 0.5) is 0 Å². The fraction of sp³-hybridized carbons (Fsp3) is 0.400. The number of benzene rings is 1. The maximum atomic E-state index is 5.03. The Kier molecular flexibility index (Phi) is 5.12. The number of nitrogens with one attached hydrogen (secondary N) is 1. The average Bonchev–Trinajstić information content (AvgIpc) is 2.43. The van der Waals surface area contributed by atoms with E-state index in [-0.39, 0.29) is 0 Å². The third-order valence-electron chi connectivity index (χ3n) is 3.01. The van der Waals surface area contributed by atoms with E-state index in [4.69, 9.17) is 4.74 Å². The Hall–Kier alpha value is -1.45. The van der Waals surface area contributed by atoms with Crippen molar-refractivity contribution in [2.75, 3.05) is 20.3 Å². The van der Waals surface area contributed by atoms with Gasteiger partial charge in [-0.05, 0) is 37.1 Å². The van der Waals surface area contributed by atoms with Crippen LogP contribution in [-0.4, -0.2) is 25.2 Å². The molecular weight excluding hydrogens is 224 g/mol. The molecule has 1 heterocycles. The molecule has 96 valence electrons. The van der Waals surface area contributed by atoms with Gasteiger partial charge in [0.25, 0.3) is 0 Å². The molecule has 0 amide bonds. The minimum absolute atomic E-state index is 0.847. The molecule has 0 aliphatic carbocycles. The highest BCUT2D eigenvalue weighted by molar-refractivity contribution is 5.81. The van der Waals surface area contributed by atoms with Gasteiger partial charge in [-0.1, -0.05) is 18.2 Å². The molecule has 1 aromatic heterocycles. The standard InChI is InChI=1S/C15H20N2O/c1-18-11-5-4-9-16-12-13-8-10-17-15-7-3-2-6-14(13)15/h2-3,6-8,10,16H,4-5,9,11-12H2,1H3. The van der Waals surface area contributed by atoms with Crippen LogP contribution in [0.1, 0.15) is 18.4 Å². The molecular formula is C15H20N2O. The van der Waals surface area contributed by atoms with Crippen LogP contribution in [0.2, 0.25) is 0 Å². The SMILES string of the molecule is COCCCCNCc1ccnc2ccccc12. The monoisotopic (exact) mass is 244 g/mol. The summed E-state index contributed by atoms with van der Waals surface area (Å²) in [7, 11) is 1.75. The van der Waals surface area contributed by atoms with Gasteiger partial charge in [-0.3, -0.25) is 4.98 Å². The summed E-state index contributed by atoms with van der Waals surface area (Å²) >= 11 is 0. The Morgan fingerprint density at radius 1 is 1.17 bits per heavy atom. The summed E-state index contributed by atoms with van der Waals surface area (Å²) in [6.45, 7) is 2.77. The van der Waals surface area contributed by atoms with Crippen molar-refractivity contribution < 1.29 is 4.74 Å². The third kappa shape index (κ3) is 3.52. The Morgan fingerprint density at radius 3 is 2.94 bits per heavy atom. The third-order valence-corrected chi connectivity index (χ3v) is 3.01. The molecule has 3 nitrogen and oxygen atoms in total. The highest BCUT2D eigenvalue weighted by Gasteiger charge is 2.00. The lowest BCUT2D eigenvalue weighted by molar-refractivity contribution is 0.192. The molecule has 0 aliphatic rings. The first kappa shape index (κ1) is 13.0. The summed E-state index contributed by atoms with van der Waals surface area (Å²) in [4.78, 5) is 4.37. The number of ether oxygens (including phenoxy) is 1. The van der Waals surface area contributed by atoms with E-state index in [2.05, 4.69) is 34.6 Å². The van der Waals surface area contributed by atoms with Gasteiger partial charge in [-0.15, -0.1) is 0 Å². The van der Waals surface area contributed by atoms with Crippen LogP contribution in [0.25, 0.3) is 10.9 Å². The largest absolute Gasteiger partial charge is 0.385 e. The topological polar surface area (TPSA) is 34.1 Å². The number of rotatable bonds is 7. The van der Waals surface area contributed by atoms with Crippen LogP contribution in [-0.2, 0) is 11.3 Å². The minimum atomic E-state index is 0.847. The second-order valence-corrected chi connectivity index (χ2v) is 4.36. The second-order valence-electron chi connectivity index (χ2n) is 4.36. The van der Waals surface area contributed by atoms with Crippen molar-refractivity contribution >= 4 is 10.9 Å². The molecule has 0 unspecified atom stereocenters. The highest BCUT2D eigenvalue weighted by atomic mass is 16.5. The van der Waals surface area contributed by atoms with E-state index in [1.165, 1.54) is 10.9 Å². The van der Waals surface area contributed by atoms with Crippen LogP contribution < -0.4 is 5.32 Å². The van der Waals surface area contributed by atoms with Gasteiger partial charge < -0.3 is 10.1 Å². The maximum Gasteiger partial charge on any atom is 0.0705 e. The molecule has 18 heavy (non-hydrogen) atoms. The zero-order chi connectivity index (χ0) is 12.6. The molecule has 2 rings (SSSR count). The summed E-state index contributed by atoms with van der Waals surface area (Å²) < 4.78 is 5.03. The van der Waals surface area contributed by atoms with Crippen molar-refractivity contribution in [1.82, 2.24) is 10.3 Å². The van der Waals surface area contributed by atoms with Gasteiger partial charge >= 0.3 is 0 Å². The number of pyridine rings is 1. The predicted molar refractivity (Wildman–Crippen MR) is 74.6 cm³/mol. The number of aromatic nitrogens is 1. The molecule has 0 aliphatic heterocycles. The van der Waals surface area contributed by atoms with Crippen molar-refractivity contribution in [3.8, 4) is 0 Å². The molecule has 0 radical (unpaired) electrons. The number of methoxy groups -OCH3 is 1. The first-order chi connectivity index (χ1) is 8.92. The molecule has 1 aromatic carbocycles. The van der Waals surface area contributed by atoms with Crippen molar-refractivity contribution in [2.24, 2.45) is 0 Å². The summed E-state index contributed by atoms with van der Waals surface area (Å²) in [5.41, 5.74) is 2.38. The summed E-state index contributed by atoms with van der Waals surface area (Å²) in [5, 5.41) is 4.71. The molecule has 0 atom stereocenters. The Bertz CT molecular complexity index is 479. The van der Waals surface area contributed by atoms with E-state index in [0.717, 1.165) is 38.1 Å². The molecule has 0 saturated carbocycles. The molecule has 0 bridgehead atoms. The maximum absolute atomic E-state index is 5.03. The van der Waals surface area contributed by atoms with Crippen LogP contribution in [0.15, 0.2) is 36.5 Å². The lowest BCUT2D eigenvalue weighted by atomic mass is 10.1. The van der Waals surface area contributed by atoms with Gasteiger partial charge in [-0.2, -0.15) is 0 Å². The fourth-order valence-electron chi connectivity index (χ4n) is 2.03. The fourth-order valence-corrected chi connectivity index (χ4v) is 2.03. The molecule has 1 N–H and O–H groups in total. The smallest absolute Gasteiger partial charge is 0.0705 e. The van der Waals surface area contributed by atoms with E-state index >= 15 is 0 Å².